The highest BCUT2D eigenvalue weighted by Crippen LogP contribution is 2.49. The van der Waals surface area contributed by atoms with E-state index in [1.54, 1.807) is 0 Å². The summed E-state index contributed by atoms with van der Waals surface area (Å²) in [5.41, 5.74) is -2.75. The van der Waals surface area contributed by atoms with Crippen LogP contribution in [0.4, 0.5) is 22.0 Å². The fraction of sp³-hybridized carbons (Fsp3) is 0.500. The van der Waals surface area contributed by atoms with Gasteiger partial charge in [0, 0.05) is 17.2 Å². The molecule has 0 bridgehead atoms. The van der Waals surface area contributed by atoms with Crippen molar-refractivity contribution < 1.29 is 40.0 Å². The van der Waals surface area contributed by atoms with E-state index in [1.807, 2.05) is 0 Å². The lowest BCUT2D eigenvalue weighted by Gasteiger charge is -2.43. The fourth-order valence-electron chi connectivity index (χ4n) is 6.08. The Hall–Kier alpha value is -3.06. The van der Waals surface area contributed by atoms with Crippen LogP contribution >= 0.6 is 0 Å². The van der Waals surface area contributed by atoms with Crippen LogP contribution in [0.25, 0.3) is 0 Å². The second kappa shape index (κ2) is 9.48. The van der Waals surface area contributed by atoms with E-state index in [4.69, 9.17) is 0 Å². The summed E-state index contributed by atoms with van der Waals surface area (Å²) >= 11 is 0. The first-order valence-corrected chi connectivity index (χ1v) is 15.2. The molecule has 2 aliphatic heterocycles. The van der Waals surface area contributed by atoms with Gasteiger partial charge in [0.15, 0.2) is 5.67 Å². The number of halogens is 5. The number of alkyl halides is 4. The Morgan fingerprint density at radius 3 is 2.39 bits per heavy atom. The molecule has 2 aromatic carbocycles. The Bertz CT molecular complexity index is 1520. The van der Waals surface area contributed by atoms with Gasteiger partial charge in [-0.15, -0.1) is 0 Å². The number of amides is 2. The van der Waals surface area contributed by atoms with Crippen LogP contribution in [0.1, 0.15) is 58.8 Å². The molecule has 41 heavy (non-hydrogen) atoms. The summed E-state index contributed by atoms with van der Waals surface area (Å²) < 4.78 is 93.8. The molecule has 2 aromatic rings. The Morgan fingerprint density at radius 1 is 1.07 bits per heavy atom. The van der Waals surface area contributed by atoms with Gasteiger partial charge in [0.2, 0.25) is 15.9 Å². The van der Waals surface area contributed by atoms with Gasteiger partial charge in [-0.25, -0.2) is 17.2 Å². The second-order valence-corrected chi connectivity index (χ2v) is 13.6. The van der Waals surface area contributed by atoms with Crippen molar-refractivity contribution in [2.24, 2.45) is 11.8 Å². The molecule has 1 unspecified atom stereocenters. The van der Waals surface area contributed by atoms with Gasteiger partial charge in [-0.1, -0.05) is 18.2 Å². The van der Waals surface area contributed by atoms with Crippen molar-refractivity contribution in [3.05, 3.63) is 70.5 Å². The van der Waals surface area contributed by atoms with Crippen molar-refractivity contribution in [1.29, 1.82) is 0 Å². The highest BCUT2D eigenvalue weighted by Gasteiger charge is 2.57. The zero-order chi connectivity index (χ0) is 29.5. The van der Waals surface area contributed by atoms with E-state index in [0.717, 1.165) is 22.7 Å². The Kier molecular flexibility index (Phi) is 6.49. The number of sulfonamides is 1. The number of fused-ring (bicyclic) bond motifs is 1. The number of benzene rings is 2. The highest BCUT2D eigenvalue weighted by molar-refractivity contribution is 7.88. The number of rotatable bonds is 7. The zero-order valence-corrected chi connectivity index (χ0v) is 22.8. The van der Waals surface area contributed by atoms with Crippen molar-refractivity contribution in [2.45, 2.75) is 55.7 Å². The molecule has 2 saturated heterocycles. The fourth-order valence-corrected chi connectivity index (χ4v) is 6.95. The molecule has 0 aromatic heterocycles. The molecule has 4 aliphatic rings. The number of carbonyl (C=O) groups excluding carboxylic acids is 2. The first kappa shape index (κ1) is 28.1. The van der Waals surface area contributed by atoms with E-state index >= 15 is 4.39 Å². The number of nitrogens with one attached hydrogen (secondary N) is 1. The normalized spacial score (nSPS) is 26.2. The third kappa shape index (κ3) is 5.22. The number of nitrogens with zero attached hydrogens (tertiary/aromatic N) is 2. The SMILES string of the molecule is CS(=O)(=O)N1CC(F)(c2cccc(C(=O)N3[C@@H](C(=O)NC(c4ccc(C(F)(F)F)cc4F)C4CC4)C[C@H]4C[C@H]43)c2)C1. The molecule has 1 N–H and O–H groups in total. The summed E-state index contributed by atoms with van der Waals surface area (Å²) in [6.07, 6.45) is -1.24. The van der Waals surface area contributed by atoms with Crippen molar-refractivity contribution >= 4 is 21.8 Å². The first-order chi connectivity index (χ1) is 19.2. The van der Waals surface area contributed by atoms with Crippen molar-refractivity contribution in [3.63, 3.8) is 0 Å². The number of hydrogen-bond donors (Lipinski definition) is 1. The van der Waals surface area contributed by atoms with Crippen LogP contribution in [0.5, 0.6) is 0 Å². The van der Waals surface area contributed by atoms with E-state index in [9.17, 15) is 35.6 Å². The third-order valence-electron chi connectivity index (χ3n) is 8.65. The molecular weight excluding hydrogens is 569 g/mol. The molecule has 0 spiro atoms. The van der Waals surface area contributed by atoms with E-state index in [1.165, 1.54) is 29.2 Å². The molecule has 13 heteroatoms. The molecule has 2 saturated carbocycles. The van der Waals surface area contributed by atoms with Crippen LogP contribution in [0.15, 0.2) is 42.5 Å². The van der Waals surface area contributed by atoms with Gasteiger partial charge >= 0.3 is 6.18 Å². The maximum atomic E-state index is 15.5. The van der Waals surface area contributed by atoms with Gasteiger partial charge in [-0.05, 0) is 67.3 Å². The smallest absolute Gasteiger partial charge is 0.347 e. The van der Waals surface area contributed by atoms with Gasteiger partial charge < -0.3 is 10.2 Å². The van der Waals surface area contributed by atoms with E-state index in [0.29, 0.717) is 31.7 Å². The van der Waals surface area contributed by atoms with Crippen molar-refractivity contribution in [3.8, 4) is 0 Å². The van der Waals surface area contributed by atoms with Crippen LogP contribution in [0, 0.1) is 17.7 Å². The lowest BCUT2D eigenvalue weighted by Crippen LogP contribution is -2.58. The molecule has 4 fully saturated rings. The molecule has 220 valence electrons. The van der Waals surface area contributed by atoms with Gasteiger partial charge in [0.1, 0.15) is 11.9 Å². The van der Waals surface area contributed by atoms with E-state index < -0.39 is 57.1 Å². The summed E-state index contributed by atoms with van der Waals surface area (Å²) in [6, 6.07) is 6.31. The molecule has 2 aliphatic carbocycles. The first-order valence-electron chi connectivity index (χ1n) is 13.4. The third-order valence-corrected chi connectivity index (χ3v) is 9.84. The van der Waals surface area contributed by atoms with E-state index in [2.05, 4.69) is 5.32 Å². The summed E-state index contributed by atoms with van der Waals surface area (Å²) in [5, 5.41) is 2.81. The van der Waals surface area contributed by atoms with Gasteiger partial charge in [-0.3, -0.25) is 9.59 Å². The minimum absolute atomic E-state index is 0.0283. The largest absolute Gasteiger partial charge is 0.416 e. The summed E-state index contributed by atoms with van der Waals surface area (Å²) in [6.45, 7) is -0.710. The minimum atomic E-state index is -4.70. The van der Waals surface area contributed by atoms with Crippen molar-refractivity contribution in [2.75, 3.05) is 19.3 Å². The number of hydrogen-bond acceptors (Lipinski definition) is 4. The number of likely N-dealkylation sites (tertiary alicyclic amines) is 1. The highest BCUT2D eigenvalue weighted by atomic mass is 32.2. The molecular formula is C28H28F5N3O4S. The lowest BCUT2D eigenvalue weighted by molar-refractivity contribution is -0.137. The standard InChI is InChI=1S/C28H28F5N3O4S/c1-41(39,40)35-13-27(30,14-35)18-4-2-3-16(9-18)26(38)36-22-10-17(22)11-23(36)25(37)34-24(15-5-6-15)20-8-7-19(12-21(20)29)28(31,32)33/h2-4,7-9,12,15,17,22-24H,5-6,10-11,13-14H2,1H3,(H,34,37)/t17-,22-,23-,24?/m1/s1. The van der Waals surface area contributed by atoms with Crippen LogP contribution < -0.4 is 5.32 Å². The summed E-state index contributed by atoms with van der Waals surface area (Å²) in [4.78, 5) is 28.6. The topological polar surface area (TPSA) is 86.8 Å². The molecule has 4 atom stereocenters. The average Bonchev–Trinajstić information content (AvgIpc) is 3.82. The lowest BCUT2D eigenvalue weighted by atomic mass is 9.89. The molecule has 6 rings (SSSR count). The Balaban J connectivity index is 1.20. The second-order valence-electron chi connectivity index (χ2n) is 11.7. The summed E-state index contributed by atoms with van der Waals surface area (Å²) in [7, 11) is -3.55. The zero-order valence-electron chi connectivity index (χ0n) is 22.0. The number of carbonyl (C=O) groups is 2. The molecule has 2 amide bonds. The average molecular weight is 598 g/mol. The molecule has 2 heterocycles. The Labute approximate surface area is 233 Å². The van der Waals surface area contributed by atoms with Crippen LogP contribution in [-0.4, -0.2) is 60.9 Å². The van der Waals surface area contributed by atoms with Gasteiger partial charge in [-0.2, -0.15) is 17.5 Å². The van der Waals surface area contributed by atoms with E-state index in [-0.39, 0.29) is 47.7 Å². The van der Waals surface area contributed by atoms with Gasteiger partial charge in [0.25, 0.3) is 5.91 Å². The number of piperidine rings is 1. The predicted molar refractivity (Wildman–Crippen MR) is 137 cm³/mol. The Morgan fingerprint density at radius 2 is 1.78 bits per heavy atom. The molecule has 0 radical (unpaired) electrons. The molecule has 7 nitrogen and oxygen atoms in total. The monoisotopic (exact) mass is 597 g/mol. The van der Waals surface area contributed by atoms with Gasteiger partial charge in [0.05, 0.1) is 31.0 Å². The minimum Gasteiger partial charge on any atom is -0.347 e. The maximum Gasteiger partial charge on any atom is 0.416 e. The van der Waals surface area contributed by atoms with Crippen LogP contribution in [-0.2, 0) is 26.7 Å². The quantitative estimate of drug-likeness (QED) is 0.486. The maximum absolute atomic E-state index is 15.5. The van der Waals surface area contributed by atoms with Crippen molar-refractivity contribution in [1.82, 2.24) is 14.5 Å². The summed E-state index contributed by atoms with van der Waals surface area (Å²) in [5.74, 6) is -2.05. The van der Waals surface area contributed by atoms with Crippen LogP contribution in [0.2, 0.25) is 0 Å². The van der Waals surface area contributed by atoms with Crippen LogP contribution in [0.3, 0.4) is 0 Å². The predicted octanol–water partition coefficient (Wildman–Crippen LogP) is 4.16.